The third-order valence-corrected chi connectivity index (χ3v) is 4.66. The molecule has 1 aliphatic rings. The second kappa shape index (κ2) is 6.47. The molecule has 0 aromatic heterocycles. The van der Waals surface area contributed by atoms with Crippen LogP contribution in [0.25, 0.3) is 0 Å². The highest BCUT2D eigenvalue weighted by Gasteiger charge is 2.27. The van der Waals surface area contributed by atoms with Gasteiger partial charge in [0.25, 0.3) is 0 Å². The molecule has 3 N–H and O–H groups in total. The minimum absolute atomic E-state index is 0.103. The molecule has 2 unspecified atom stereocenters. The SMILES string of the molecule is O=S(=O)(CC(O)C1CCCN1)NCc1ccccc1. The fourth-order valence-electron chi connectivity index (χ4n) is 2.23. The summed E-state index contributed by atoms with van der Waals surface area (Å²) in [6.45, 7) is 1.10. The normalized spacial score (nSPS) is 21.4. The molecule has 0 radical (unpaired) electrons. The van der Waals surface area contributed by atoms with Crippen molar-refractivity contribution in [3.05, 3.63) is 35.9 Å². The maximum absolute atomic E-state index is 11.9. The van der Waals surface area contributed by atoms with E-state index in [0.717, 1.165) is 24.9 Å². The van der Waals surface area contributed by atoms with Gasteiger partial charge in [-0.3, -0.25) is 0 Å². The second-order valence-electron chi connectivity index (χ2n) is 4.86. The van der Waals surface area contributed by atoms with Gasteiger partial charge >= 0.3 is 0 Å². The first-order valence-corrected chi connectivity index (χ1v) is 8.15. The number of benzene rings is 1. The van der Waals surface area contributed by atoms with Gasteiger partial charge in [0.05, 0.1) is 11.9 Å². The predicted octanol–water partition coefficient (Wildman–Crippen LogP) is 0.219. The van der Waals surface area contributed by atoms with Gasteiger partial charge in [0.15, 0.2) is 0 Å². The summed E-state index contributed by atoms with van der Waals surface area (Å²) >= 11 is 0. The van der Waals surface area contributed by atoms with Crippen molar-refractivity contribution in [3.63, 3.8) is 0 Å². The largest absolute Gasteiger partial charge is 0.390 e. The zero-order valence-corrected chi connectivity index (χ0v) is 11.6. The van der Waals surface area contributed by atoms with Crippen molar-refractivity contribution in [1.29, 1.82) is 0 Å². The Morgan fingerprint density at radius 3 is 2.74 bits per heavy atom. The van der Waals surface area contributed by atoms with E-state index in [9.17, 15) is 13.5 Å². The Balaban J connectivity index is 1.84. The number of rotatable bonds is 6. The Bertz CT molecular complexity index is 484. The molecule has 2 rings (SSSR count). The number of sulfonamides is 1. The van der Waals surface area contributed by atoms with Crippen LogP contribution < -0.4 is 10.0 Å². The summed E-state index contributed by atoms with van der Waals surface area (Å²) < 4.78 is 26.3. The molecule has 106 valence electrons. The van der Waals surface area contributed by atoms with Crippen molar-refractivity contribution in [2.24, 2.45) is 0 Å². The monoisotopic (exact) mass is 284 g/mol. The van der Waals surface area contributed by atoms with Crippen LogP contribution in [-0.4, -0.2) is 38.0 Å². The summed E-state index contributed by atoms with van der Waals surface area (Å²) in [4.78, 5) is 0. The van der Waals surface area contributed by atoms with E-state index >= 15 is 0 Å². The lowest BCUT2D eigenvalue weighted by Crippen LogP contribution is -2.42. The molecule has 1 aliphatic heterocycles. The molecule has 0 amide bonds. The fraction of sp³-hybridized carbons (Fsp3) is 0.538. The minimum atomic E-state index is -3.46. The number of hydrogen-bond acceptors (Lipinski definition) is 4. The average Bonchev–Trinajstić information content (AvgIpc) is 2.91. The summed E-state index contributed by atoms with van der Waals surface area (Å²) in [6.07, 6.45) is 0.963. The van der Waals surface area contributed by atoms with Gasteiger partial charge in [-0.25, -0.2) is 13.1 Å². The molecule has 5 nitrogen and oxygen atoms in total. The van der Waals surface area contributed by atoms with Crippen LogP contribution in [0.5, 0.6) is 0 Å². The second-order valence-corrected chi connectivity index (χ2v) is 6.71. The number of nitrogens with one attached hydrogen (secondary N) is 2. The Labute approximate surface area is 114 Å². The van der Waals surface area contributed by atoms with Crippen molar-refractivity contribution < 1.29 is 13.5 Å². The summed E-state index contributed by atoms with van der Waals surface area (Å²) in [5.74, 6) is -0.252. The Morgan fingerprint density at radius 2 is 2.11 bits per heavy atom. The fourth-order valence-corrected chi connectivity index (χ4v) is 3.42. The van der Waals surface area contributed by atoms with E-state index in [4.69, 9.17) is 0 Å². The minimum Gasteiger partial charge on any atom is -0.390 e. The molecule has 6 heteroatoms. The summed E-state index contributed by atoms with van der Waals surface area (Å²) in [7, 11) is -3.46. The Hall–Kier alpha value is -0.950. The quantitative estimate of drug-likeness (QED) is 0.698. The standard InChI is InChI=1S/C13H20N2O3S/c16-13(12-7-4-8-14-12)10-19(17,18)15-9-11-5-2-1-3-6-11/h1-3,5-6,12-16H,4,7-10H2. The predicted molar refractivity (Wildman–Crippen MR) is 74.1 cm³/mol. The lowest BCUT2D eigenvalue weighted by Gasteiger charge is -2.18. The van der Waals surface area contributed by atoms with Crippen LogP contribution in [0.1, 0.15) is 18.4 Å². The molecule has 1 aromatic rings. The molecule has 0 bridgehead atoms. The van der Waals surface area contributed by atoms with E-state index in [2.05, 4.69) is 10.0 Å². The molecule has 0 saturated carbocycles. The highest BCUT2D eigenvalue weighted by Crippen LogP contribution is 2.10. The van der Waals surface area contributed by atoms with E-state index in [0.29, 0.717) is 0 Å². The number of hydrogen-bond donors (Lipinski definition) is 3. The third kappa shape index (κ3) is 4.58. The van der Waals surface area contributed by atoms with Crippen molar-refractivity contribution in [1.82, 2.24) is 10.0 Å². The lowest BCUT2D eigenvalue weighted by molar-refractivity contribution is 0.156. The van der Waals surface area contributed by atoms with E-state index in [-0.39, 0.29) is 18.3 Å². The Kier molecular flexibility index (Phi) is 4.93. The molecule has 19 heavy (non-hydrogen) atoms. The molecule has 0 spiro atoms. The van der Waals surface area contributed by atoms with Crippen LogP contribution in [0.2, 0.25) is 0 Å². The van der Waals surface area contributed by atoms with E-state index in [1.807, 2.05) is 30.3 Å². The topological polar surface area (TPSA) is 78.4 Å². The Morgan fingerprint density at radius 1 is 1.37 bits per heavy atom. The van der Waals surface area contributed by atoms with E-state index in [1.54, 1.807) is 0 Å². The van der Waals surface area contributed by atoms with Gasteiger partial charge < -0.3 is 10.4 Å². The molecule has 1 saturated heterocycles. The first kappa shape index (κ1) is 14.5. The van der Waals surface area contributed by atoms with Crippen molar-refractivity contribution in [2.45, 2.75) is 31.5 Å². The van der Waals surface area contributed by atoms with E-state index < -0.39 is 16.1 Å². The summed E-state index contributed by atoms with van der Waals surface area (Å²) in [5, 5.41) is 13.0. The lowest BCUT2D eigenvalue weighted by atomic mass is 10.1. The third-order valence-electron chi connectivity index (χ3n) is 3.29. The van der Waals surface area contributed by atoms with Gasteiger partial charge in [0.2, 0.25) is 10.0 Å². The van der Waals surface area contributed by atoms with Crippen molar-refractivity contribution in [3.8, 4) is 0 Å². The molecule has 1 fully saturated rings. The maximum atomic E-state index is 11.9. The van der Waals surface area contributed by atoms with Gasteiger partial charge in [-0.1, -0.05) is 30.3 Å². The van der Waals surface area contributed by atoms with Crippen molar-refractivity contribution >= 4 is 10.0 Å². The van der Waals surface area contributed by atoms with Gasteiger partial charge in [-0.2, -0.15) is 0 Å². The van der Waals surface area contributed by atoms with Crippen LogP contribution >= 0.6 is 0 Å². The zero-order valence-electron chi connectivity index (χ0n) is 10.7. The molecule has 0 aliphatic carbocycles. The highest BCUT2D eigenvalue weighted by atomic mass is 32.2. The van der Waals surface area contributed by atoms with Crippen LogP contribution in [0, 0.1) is 0 Å². The van der Waals surface area contributed by atoms with Gasteiger partial charge in [0, 0.05) is 12.6 Å². The summed E-state index contributed by atoms with van der Waals surface area (Å²) in [5.41, 5.74) is 0.902. The van der Waals surface area contributed by atoms with Gasteiger partial charge in [-0.15, -0.1) is 0 Å². The van der Waals surface area contributed by atoms with Crippen molar-refractivity contribution in [2.75, 3.05) is 12.3 Å². The molecule has 1 heterocycles. The van der Waals surface area contributed by atoms with Gasteiger partial charge in [0.1, 0.15) is 0 Å². The average molecular weight is 284 g/mol. The van der Waals surface area contributed by atoms with Crippen LogP contribution in [-0.2, 0) is 16.6 Å². The van der Waals surface area contributed by atoms with Crippen LogP contribution in [0.15, 0.2) is 30.3 Å². The summed E-state index contributed by atoms with van der Waals surface area (Å²) in [6, 6.07) is 9.22. The van der Waals surface area contributed by atoms with Crippen LogP contribution in [0.4, 0.5) is 0 Å². The molecular formula is C13H20N2O3S. The first-order chi connectivity index (χ1) is 9.07. The van der Waals surface area contributed by atoms with E-state index in [1.165, 1.54) is 0 Å². The van der Waals surface area contributed by atoms with Gasteiger partial charge in [-0.05, 0) is 24.9 Å². The molecule has 2 atom stereocenters. The number of aliphatic hydroxyl groups is 1. The van der Waals surface area contributed by atoms with Crippen LogP contribution in [0.3, 0.4) is 0 Å². The molecular weight excluding hydrogens is 264 g/mol. The maximum Gasteiger partial charge on any atom is 0.214 e. The highest BCUT2D eigenvalue weighted by molar-refractivity contribution is 7.89. The zero-order chi connectivity index (χ0) is 13.7. The molecule has 1 aromatic carbocycles. The first-order valence-electron chi connectivity index (χ1n) is 6.49. The smallest absolute Gasteiger partial charge is 0.214 e. The number of aliphatic hydroxyl groups excluding tert-OH is 1.